The fourth-order valence-corrected chi connectivity index (χ4v) is 4.96. The Balaban J connectivity index is 1.59. The molecule has 3 aromatic carbocycles. The van der Waals surface area contributed by atoms with E-state index in [0.717, 1.165) is 18.9 Å². The Morgan fingerprint density at radius 3 is 2.24 bits per heavy atom. The van der Waals surface area contributed by atoms with E-state index >= 15 is 0 Å². The second-order valence-corrected chi connectivity index (χ2v) is 10.0. The number of alkyl halides is 3. The van der Waals surface area contributed by atoms with Gasteiger partial charge >= 0.3 is 12.4 Å². The number of nitrogens with one attached hydrogen (secondary N) is 1. The summed E-state index contributed by atoms with van der Waals surface area (Å²) in [5.41, 5.74) is 13.3. The molecule has 0 heterocycles. The van der Waals surface area contributed by atoms with Gasteiger partial charge in [0.25, 0.3) is 5.91 Å². The van der Waals surface area contributed by atoms with E-state index < -0.39 is 30.7 Å². The monoisotopic (exact) mass is 583 g/mol. The number of aliphatic imine (C=N–C) groups is 1. The van der Waals surface area contributed by atoms with Crippen LogP contribution in [-0.2, 0) is 13.2 Å². The number of hydrogen-bond acceptors (Lipinski definition) is 4. The maximum Gasteiger partial charge on any atom is 0.573 e. The summed E-state index contributed by atoms with van der Waals surface area (Å²) in [5, 5.41) is 12.3. The van der Waals surface area contributed by atoms with Crippen LogP contribution in [0.5, 0.6) is 5.75 Å². The fourth-order valence-electron chi connectivity index (χ4n) is 4.96. The van der Waals surface area contributed by atoms with E-state index in [0.29, 0.717) is 17.2 Å². The predicted molar refractivity (Wildman–Crippen MR) is 153 cm³/mol. The van der Waals surface area contributed by atoms with Crippen molar-refractivity contribution >= 4 is 29.3 Å². The Morgan fingerprint density at radius 2 is 1.64 bits per heavy atom. The molecule has 1 saturated carbocycles. The summed E-state index contributed by atoms with van der Waals surface area (Å²) >= 11 is 0. The van der Waals surface area contributed by atoms with Crippen molar-refractivity contribution in [3.05, 3.63) is 89.0 Å². The van der Waals surface area contributed by atoms with Gasteiger partial charge in [-0.25, -0.2) is 4.79 Å². The number of guanidine groups is 1. The third-order valence-electron chi connectivity index (χ3n) is 7.01. The molecule has 1 aliphatic carbocycles. The van der Waals surface area contributed by atoms with Crippen LogP contribution >= 0.6 is 0 Å². The molecule has 0 atom stereocenters. The van der Waals surface area contributed by atoms with E-state index in [9.17, 15) is 27.9 Å². The van der Waals surface area contributed by atoms with Gasteiger partial charge in [0.1, 0.15) is 5.75 Å². The molecule has 4 rings (SSSR count). The lowest BCUT2D eigenvalue weighted by molar-refractivity contribution is -0.275. The van der Waals surface area contributed by atoms with Crippen molar-refractivity contribution in [2.45, 2.75) is 57.5 Å². The number of aliphatic hydroxyl groups excluding tert-OH is 1. The van der Waals surface area contributed by atoms with E-state index in [1.807, 2.05) is 24.3 Å². The maximum atomic E-state index is 13.6. The highest BCUT2D eigenvalue weighted by molar-refractivity contribution is 6.02. The minimum Gasteiger partial charge on any atom is -0.405 e. The van der Waals surface area contributed by atoms with E-state index in [-0.39, 0.29) is 29.3 Å². The molecule has 12 heteroatoms. The molecular formula is C30H32F3N5O4. The second-order valence-electron chi connectivity index (χ2n) is 10.0. The van der Waals surface area contributed by atoms with Gasteiger partial charge in [-0.2, -0.15) is 4.99 Å². The Bertz CT molecular complexity index is 1420. The number of carbonyl (C=O) groups is 2. The number of rotatable bonds is 8. The van der Waals surface area contributed by atoms with Gasteiger partial charge in [0.05, 0.1) is 13.2 Å². The third-order valence-corrected chi connectivity index (χ3v) is 7.01. The van der Waals surface area contributed by atoms with Gasteiger partial charge in [-0.1, -0.05) is 43.5 Å². The number of anilines is 2. The zero-order chi connectivity index (χ0) is 30.3. The van der Waals surface area contributed by atoms with Gasteiger partial charge in [-0.3, -0.25) is 9.69 Å². The molecule has 6 N–H and O–H groups in total. The lowest BCUT2D eigenvalue weighted by atomic mass is 9.84. The van der Waals surface area contributed by atoms with Crippen LogP contribution in [0.15, 0.2) is 71.7 Å². The number of urea groups is 1. The third kappa shape index (κ3) is 8.23. The van der Waals surface area contributed by atoms with Gasteiger partial charge in [-0.05, 0) is 72.4 Å². The van der Waals surface area contributed by atoms with Crippen molar-refractivity contribution in [3.8, 4) is 5.75 Å². The van der Waals surface area contributed by atoms with Crippen molar-refractivity contribution in [2.24, 2.45) is 16.5 Å². The number of nitrogens with zero attached hydrogens (tertiary/aromatic N) is 2. The van der Waals surface area contributed by atoms with Crippen LogP contribution in [0, 0.1) is 0 Å². The number of carbonyl (C=O) groups excluding carboxylic acids is 2. The maximum absolute atomic E-state index is 13.6. The summed E-state index contributed by atoms with van der Waals surface area (Å²) in [7, 11) is 0. The first-order chi connectivity index (χ1) is 20.0. The molecule has 3 amide bonds. The summed E-state index contributed by atoms with van der Waals surface area (Å²) < 4.78 is 42.1. The van der Waals surface area contributed by atoms with Crippen LogP contribution < -0.4 is 26.4 Å². The van der Waals surface area contributed by atoms with Crippen molar-refractivity contribution in [1.29, 1.82) is 0 Å². The van der Waals surface area contributed by atoms with Crippen molar-refractivity contribution < 1.29 is 32.6 Å². The molecule has 42 heavy (non-hydrogen) atoms. The van der Waals surface area contributed by atoms with Crippen LogP contribution in [0.25, 0.3) is 0 Å². The Kier molecular flexibility index (Phi) is 9.68. The standard InChI is InChI=1S/C30H32F3N5O4/c31-30(32,33)42-26-15-12-24(16-23(26)18-39)36-29(41)38(17-19-6-8-22(9-7-19)27(40)37-28(34)35)25-13-10-21(11-14-25)20-4-2-1-3-5-20/h6-16,20,39H,1-5,17-18H2,(H,36,41)(H4,34,35,37,40). The number of nitrogens with two attached hydrogens (primary N) is 2. The highest BCUT2D eigenvalue weighted by Crippen LogP contribution is 2.34. The first kappa shape index (κ1) is 30.4. The molecule has 1 aliphatic rings. The van der Waals surface area contributed by atoms with E-state index in [1.165, 1.54) is 41.9 Å². The molecule has 0 aliphatic heterocycles. The lowest BCUT2D eigenvalue weighted by Crippen LogP contribution is -2.34. The minimum absolute atomic E-state index is 0.105. The van der Waals surface area contributed by atoms with Crippen LogP contribution in [0.1, 0.15) is 65.1 Å². The minimum atomic E-state index is -4.93. The summed E-state index contributed by atoms with van der Waals surface area (Å²) in [4.78, 5) is 30.7. The molecule has 0 radical (unpaired) electrons. The molecule has 222 valence electrons. The smallest absolute Gasteiger partial charge is 0.405 e. The molecule has 3 aromatic rings. The summed E-state index contributed by atoms with van der Waals surface area (Å²) in [5.74, 6) is -1.05. The second kappa shape index (κ2) is 13.4. The zero-order valence-corrected chi connectivity index (χ0v) is 22.7. The highest BCUT2D eigenvalue weighted by Gasteiger charge is 2.32. The summed E-state index contributed by atoms with van der Waals surface area (Å²) in [6.45, 7) is -0.625. The molecule has 1 fully saturated rings. The molecule has 0 aromatic heterocycles. The van der Waals surface area contributed by atoms with Crippen LogP contribution in [0.2, 0.25) is 0 Å². The van der Waals surface area contributed by atoms with Crippen molar-refractivity contribution in [2.75, 3.05) is 10.2 Å². The molecule has 0 spiro atoms. The highest BCUT2D eigenvalue weighted by atomic mass is 19.4. The summed E-state index contributed by atoms with van der Waals surface area (Å²) in [6.07, 6.45) is 0.917. The summed E-state index contributed by atoms with van der Waals surface area (Å²) in [6, 6.07) is 17.1. The molecule has 0 unspecified atom stereocenters. The normalized spacial score (nSPS) is 13.7. The SMILES string of the molecule is NC(N)=NC(=O)c1ccc(CN(C(=O)Nc2ccc(OC(F)(F)F)c(CO)c2)c2ccc(C3CCCCC3)cc2)cc1. The first-order valence-corrected chi connectivity index (χ1v) is 13.4. The van der Waals surface area contributed by atoms with Crippen molar-refractivity contribution in [1.82, 2.24) is 0 Å². The van der Waals surface area contributed by atoms with Crippen molar-refractivity contribution in [3.63, 3.8) is 0 Å². The largest absolute Gasteiger partial charge is 0.573 e. The van der Waals surface area contributed by atoms with E-state index in [4.69, 9.17) is 11.5 Å². The average Bonchev–Trinajstić information content (AvgIpc) is 2.96. The topological polar surface area (TPSA) is 143 Å². The Labute approximate surface area is 241 Å². The number of halogens is 3. The van der Waals surface area contributed by atoms with E-state index in [1.54, 1.807) is 24.3 Å². The molecule has 0 saturated heterocycles. The predicted octanol–water partition coefficient (Wildman–Crippen LogP) is 5.78. The molecule has 9 nitrogen and oxygen atoms in total. The average molecular weight is 584 g/mol. The number of aliphatic hydroxyl groups is 1. The van der Waals surface area contributed by atoms with E-state index in [2.05, 4.69) is 15.0 Å². The lowest BCUT2D eigenvalue weighted by Gasteiger charge is -2.26. The number of ether oxygens (including phenoxy) is 1. The van der Waals surface area contributed by atoms with Gasteiger partial charge in [0.2, 0.25) is 0 Å². The van der Waals surface area contributed by atoms with Crippen LogP contribution in [0.3, 0.4) is 0 Å². The van der Waals surface area contributed by atoms with Gasteiger partial charge < -0.3 is 26.6 Å². The van der Waals surface area contributed by atoms with Gasteiger partial charge in [0.15, 0.2) is 5.96 Å². The van der Waals surface area contributed by atoms with Gasteiger partial charge in [-0.15, -0.1) is 13.2 Å². The quantitative estimate of drug-likeness (QED) is 0.196. The van der Waals surface area contributed by atoms with Crippen LogP contribution in [0.4, 0.5) is 29.3 Å². The number of benzene rings is 3. The Hall–Kier alpha value is -4.58. The van der Waals surface area contributed by atoms with Crippen LogP contribution in [-0.4, -0.2) is 29.4 Å². The number of hydrogen-bond donors (Lipinski definition) is 4. The first-order valence-electron chi connectivity index (χ1n) is 13.4. The Morgan fingerprint density at radius 1 is 0.976 bits per heavy atom. The fraction of sp³-hybridized carbons (Fsp3) is 0.300. The zero-order valence-electron chi connectivity index (χ0n) is 22.7. The molecule has 0 bridgehead atoms. The molecular weight excluding hydrogens is 551 g/mol. The van der Waals surface area contributed by atoms with Gasteiger partial charge in [0, 0.05) is 22.5 Å². The number of amides is 3.